The van der Waals surface area contributed by atoms with Gasteiger partial charge in [-0.2, -0.15) is 0 Å². The number of ether oxygens (including phenoxy) is 1. The Morgan fingerprint density at radius 3 is 2.81 bits per heavy atom. The maximum absolute atomic E-state index is 13.5. The van der Waals surface area contributed by atoms with Crippen molar-refractivity contribution in [1.82, 2.24) is 14.6 Å². The third-order valence-corrected chi connectivity index (χ3v) is 5.76. The number of rotatable bonds is 4. The van der Waals surface area contributed by atoms with Gasteiger partial charge in [-0.3, -0.25) is 0 Å². The van der Waals surface area contributed by atoms with Crippen molar-refractivity contribution in [1.29, 1.82) is 0 Å². The number of halogens is 1. The molecule has 1 aromatic carbocycles. The molecular formula is C17H19FN4O3S. The minimum Gasteiger partial charge on any atom is -0.496 e. The molecule has 0 amide bonds. The number of hydrogen-bond donors (Lipinski definition) is 2. The van der Waals surface area contributed by atoms with Crippen LogP contribution >= 0.6 is 11.3 Å². The summed E-state index contributed by atoms with van der Waals surface area (Å²) in [6, 6.07) is 4.37. The minimum atomic E-state index is -0.999. The second kappa shape index (κ2) is 6.49. The average molecular weight is 378 g/mol. The van der Waals surface area contributed by atoms with E-state index >= 15 is 0 Å². The van der Waals surface area contributed by atoms with Crippen LogP contribution in [0.5, 0.6) is 5.75 Å². The SMILES string of the molecule is COc1cc(F)ccc1-c1cnc2sc(N3CCC(O)(CO)CC3)nn12. The number of anilines is 1. The fourth-order valence-corrected chi connectivity index (χ4v) is 4.07. The Balaban J connectivity index is 1.66. The van der Waals surface area contributed by atoms with Crippen molar-refractivity contribution in [3.8, 4) is 17.0 Å². The van der Waals surface area contributed by atoms with Crippen molar-refractivity contribution in [3.63, 3.8) is 0 Å². The molecule has 7 nitrogen and oxygen atoms in total. The van der Waals surface area contributed by atoms with Gasteiger partial charge < -0.3 is 19.8 Å². The molecular weight excluding hydrogens is 359 g/mol. The molecule has 1 fully saturated rings. The lowest BCUT2D eigenvalue weighted by Crippen LogP contribution is -2.46. The minimum absolute atomic E-state index is 0.226. The number of aliphatic hydroxyl groups excluding tert-OH is 1. The summed E-state index contributed by atoms with van der Waals surface area (Å²) in [7, 11) is 1.50. The van der Waals surface area contributed by atoms with E-state index in [1.54, 1.807) is 16.8 Å². The highest BCUT2D eigenvalue weighted by Crippen LogP contribution is 2.34. The molecule has 0 radical (unpaired) electrons. The normalized spacial score (nSPS) is 17.0. The van der Waals surface area contributed by atoms with Crippen molar-refractivity contribution in [2.75, 3.05) is 31.7 Å². The molecule has 0 spiro atoms. The van der Waals surface area contributed by atoms with Crippen LogP contribution in [0, 0.1) is 5.82 Å². The van der Waals surface area contributed by atoms with Gasteiger partial charge in [-0.25, -0.2) is 13.9 Å². The first kappa shape index (κ1) is 17.2. The summed E-state index contributed by atoms with van der Waals surface area (Å²) >= 11 is 1.45. The Morgan fingerprint density at radius 2 is 2.12 bits per heavy atom. The van der Waals surface area contributed by atoms with Crippen LogP contribution < -0.4 is 9.64 Å². The predicted molar refractivity (Wildman–Crippen MR) is 96.3 cm³/mol. The van der Waals surface area contributed by atoms with Crippen molar-refractivity contribution in [2.24, 2.45) is 0 Å². The number of fused-ring (bicyclic) bond motifs is 1. The predicted octanol–water partition coefficient (Wildman–Crippen LogP) is 1.93. The highest BCUT2D eigenvalue weighted by atomic mass is 32.1. The highest BCUT2D eigenvalue weighted by Gasteiger charge is 2.32. The standard InChI is InChI=1S/C17H19FN4O3S/c1-25-14-8-11(18)2-3-12(14)13-9-19-15-22(13)20-16(26-15)21-6-4-17(24,10-23)5-7-21/h2-3,8-9,23-24H,4-7,10H2,1H3. The third kappa shape index (κ3) is 2.91. The van der Waals surface area contributed by atoms with Gasteiger partial charge >= 0.3 is 0 Å². The van der Waals surface area contributed by atoms with E-state index in [-0.39, 0.29) is 12.4 Å². The van der Waals surface area contributed by atoms with Crippen molar-refractivity contribution in [3.05, 3.63) is 30.2 Å². The van der Waals surface area contributed by atoms with E-state index in [9.17, 15) is 14.6 Å². The Hall–Kier alpha value is -2.23. The van der Waals surface area contributed by atoms with Gasteiger partial charge in [0.15, 0.2) is 0 Å². The fraction of sp³-hybridized carbons (Fsp3) is 0.412. The van der Waals surface area contributed by atoms with Gasteiger partial charge in [-0.05, 0) is 25.0 Å². The molecule has 0 saturated carbocycles. The second-order valence-corrected chi connectivity index (χ2v) is 7.37. The summed E-state index contributed by atoms with van der Waals surface area (Å²) in [5, 5.41) is 24.9. The number of methoxy groups -OCH3 is 1. The topological polar surface area (TPSA) is 83.1 Å². The number of aliphatic hydroxyl groups is 2. The molecule has 0 atom stereocenters. The molecule has 1 aliphatic rings. The van der Waals surface area contributed by atoms with E-state index in [4.69, 9.17) is 4.74 Å². The third-order valence-electron chi connectivity index (χ3n) is 4.77. The summed E-state index contributed by atoms with van der Waals surface area (Å²) in [6.07, 6.45) is 2.67. The number of piperidine rings is 1. The lowest BCUT2D eigenvalue weighted by Gasteiger charge is -2.36. The number of nitrogens with zero attached hydrogens (tertiary/aromatic N) is 4. The number of aromatic nitrogens is 3. The van der Waals surface area contributed by atoms with Gasteiger partial charge in [0.2, 0.25) is 10.1 Å². The molecule has 1 saturated heterocycles. The van der Waals surface area contributed by atoms with E-state index in [1.165, 1.54) is 30.6 Å². The summed E-state index contributed by atoms with van der Waals surface area (Å²) in [6.45, 7) is 1.00. The lowest BCUT2D eigenvalue weighted by atomic mass is 9.93. The van der Waals surface area contributed by atoms with Gasteiger partial charge in [-0.15, -0.1) is 5.10 Å². The molecule has 3 aromatic rings. The molecule has 2 aromatic heterocycles. The van der Waals surface area contributed by atoms with E-state index in [0.29, 0.717) is 37.2 Å². The van der Waals surface area contributed by atoms with Crippen LogP contribution in [0.3, 0.4) is 0 Å². The first-order valence-corrected chi connectivity index (χ1v) is 9.11. The molecule has 0 unspecified atom stereocenters. The Bertz CT molecular complexity index is 933. The number of benzene rings is 1. The zero-order valence-corrected chi connectivity index (χ0v) is 15.0. The zero-order chi connectivity index (χ0) is 18.3. The van der Waals surface area contributed by atoms with E-state index in [0.717, 1.165) is 15.8 Å². The molecule has 1 aliphatic heterocycles. The van der Waals surface area contributed by atoms with Crippen LogP contribution in [0.15, 0.2) is 24.4 Å². The molecule has 138 valence electrons. The summed E-state index contributed by atoms with van der Waals surface area (Å²) in [5.41, 5.74) is 0.440. The molecule has 0 aliphatic carbocycles. The molecule has 0 bridgehead atoms. The fourth-order valence-electron chi connectivity index (χ4n) is 3.14. The first-order chi connectivity index (χ1) is 12.5. The average Bonchev–Trinajstić information content (AvgIpc) is 3.23. The Kier molecular flexibility index (Phi) is 4.29. The van der Waals surface area contributed by atoms with E-state index in [2.05, 4.69) is 15.0 Å². The lowest BCUT2D eigenvalue weighted by molar-refractivity contribution is -0.0325. The van der Waals surface area contributed by atoms with Gasteiger partial charge in [-0.1, -0.05) is 11.3 Å². The Labute approximate surface area is 153 Å². The van der Waals surface area contributed by atoms with Gasteiger partial charge in [0, 0.05) is 24.7 Å². The first-order valence-electron chi connectivity index (χ1n) is 8.30. The molecule has 3 heterocycles. The van der Waals surface area contributed by atoms with Crippen LogP contribution in [-0.4, -0.2) is 57.2 Å². The smallest absolute Gasteiger partial charge is 0.214 e. The quantitative estimate of drug-likeness (QED) is 0.722. The number of hydrogen-bond acceptors (Lipinski definition) is 7. The van der Waals surface area contributed by atoms with Crippen LogP contribution in [0.2, 0.25) is 0 Å². The summed E-state index contributed by atoms with van der Waals surface area (Å²) in [5.74, 6) is 0.0577. The molecule has 26 heavy (non-hydrogen) atoms. The van der Waals surface area contributed by atoms with Gasteiger partial charge in [0.1, 0.15) is 11.6 Å². The molecule has 2 N–H and O–H groups in total. The zero-order valence-electron chi connectivity index (χ0n) is 14.2. The van der Waals surface area contributed by atoms with E-state index < -0.39 is 5.60 Å². The number of imidazole rings is 1. The van der Waals surface area contributed by atoms with Crippen molar-refractivity contribution >= 4 is 21.4 Å². The molecule has 9 heteroatoms. The molecule has 4 rings (SSSR count). The van der Waals surface area contributed by atoms with Crippen LogP contribution in [0.25, 0.3) is 16.2 Å². The van der Waals surface area contributed by atoms with Gasteiger partial charge in [0.05, 0.1) is 31.2 Å². The van der Waals surface area contributed by atoms with Crippen molar-refractivity contribution < 1.29 is 19.3 Å². The van der Waals surface area contributed by atoms with Crippen LogP contribution in [-0.2, 0) is 0 Å². The van der Waals surface area contributed by atoms with E-state index in [1.807, 2.05) is 0 Å². The summed E-state index contributed by atoms with van der Waals surface area (Å²) < 4.78 is 20.5. The van der Waals surface area contributed by atoms with Crippen molar-refractivity contribution in [2.45, 2.75) is 18.4 Å². The largest absolute Gasteiger partial charge is 0.496 e. The van der Waals surface area contributed by atoms with Gasteiger partial charge in [0.25, 0.3) is 0 Å². The van der Waals surface area contributed by atoms with Crippen LogP contribution in [0.4, 0.5) is 9.52 Å². The second-order valence-electron chi connectivity index (χ2n) is 6.44. The maximum Gasteiger partial charge on any atom is 0.214 e. The highest BCUT2D eigenvalue weighted by molar-refractivity contribution is 7.20. The monoisotopic (exact) mass is 378 g/mol. The maximum atomic E-state index is 13.5. The van der Waals surface area contributed by atoms with Crippen LogP contribution in [0.1, 0.15) is 12.8 Å². The Morgan fingerprint density at radius 1 is 1.35 bits per heavy atom. The summed E-state index contributed by atoms with van der Waals surface area (Å²) in [4.78, 5) is 7.21.